The molecule has 4 N–H and O–H groups in total. The number of nitrogens with zero attached hydrogens (tertiary/aromatic N) is 3. The van der Waals surface area contributed by atoms with Crippen LogP contribution >= 0.6 is 0 Å². The van der Waals surface area contributed by atoms with E-state index in [0.29, 0.717) is 41.1 Å². The number of nitrogens with one attached hydrogen (secondary N) is 2. The maximum atomic E-state index is 14.0. The summed E-state index contributed by atoms with van der Waals surface area (Å²) in [6, 6.07) is 12.1. The molecule has 13 heteroatoms. The molecule has 0 amide bonds. The van der Waals surface area contributed by atoms with Gasteiger partial charge in [-0.25, -0.2) is 14.1 Å². The number of nitrogens with two attached hydrogens (primary N) is 1. The number of ether oxygens (including phenoxy) is 3. The average Bonchev–Trinajstić information content (AvgIpc) is 3.50. The smallest absolute Gasteiger partial charge is 0.387 e. The van der Waals surface area contributed by atoms with Gasteiger partial charge in [-0.15, -0.1) is 0 Å². The Morgan fingerprint density at radius 1 is 1.17 bits per heavy atom. The van der Waals surface area contributed by atoms with Crippen molar-refractivity contribution in [3.8, 4) is 23.1 Å². The van der Waals surface area contributed by atoms with E-state index in [4.69, 9.17) is 19.9 Å². The van der Waals surface area contributed by atoms with Crippen LogP contribution in [0.4, 0.5) is 24.7 Å². The Bertz CT molecular complexity index is 1770. The van der Waals surface area contributed by atoms with Crippen LogP contribution in [0.3, 0.4) is 0 Å². The van der Waals surface area contributed by atoms with Gasteiger partial charge in [0.1, 0.15) is 11.6 Å². The monoisotopic (exact) mass is 564 g/mol. The number of anilines is 2. The van der Waals surface area contributed by atoms with Crippen molar-refractivity contribution in [2.24, 2.45) is 0 Å². The van der Waals surface area contributed by atoms with Crippen molar-refractivity contribution in [3.05, 3.63) is 83.6 Å². The molecular formula is C28H23F3N6O4. The van der Waals surface area contributed by atoms with Gasteiger partial charge in [0.15, 0.2) is 11.6 Å². The van der Waals surface area contributed by atoms with E-state index in [9.17, 15) is 18.0 Å². The van der Waals surface area contributed by atoms with Gasteiger partial charge in [-0.3, -0.25) is 4.79 Å². The summed E-state index contributed by atoms with van der Waals surface area (Å²) >= 11 is 0. The van der Waals surface area contributed by atoms with E-state index >= 15 is 0 Å². The van der Waals surface area contributed by atoms with Gasteiger partial charge in [-0.1, -0.05) is 12.1 Å². The first-order chi connectivity index (χ1) is 19.8. The second-order valence-corrected chi connectivity index (χ2v) is 9.40. The highest BCUT2D eigenvalue weighted by atomic mass is 19.3. The van der Waals surface area contributed by atoms with E-state index in [-0.39, 0.29) is 40.5 Å². The van der Waals surface area contributed by atoms with E-state index in [0.717, 1.165) is 0 Å². The Morgan fingerprint density at radius 2 is 1.98 bits per heavy atom. The lowest BCUT2D eigenvalue weighted by atomic mass is 10.1. The molecule has 0 bridgehead atoms. The number of H-pyrrole nitrogens is 1. The largest absolute Gasteiger partial charge is 0.436 e. The molecule has 3 aromatic heterocycles. The number of para-hydroxylation sites is 1. The van der Waals surface area contributed by atoms with Crippen molar-refractivity contribution in [3.63, 3.8) is 0 Å². The highest BCUT2D eigenvalue weighted by Crippen LogP contribution is 2.34. The first-order valence-electron chi connectivity index (χ1n) is 12.5. The standard InChI is InChI=1S/C28H23F3N6O4/c1-14-6-25(40-23-5-3-2-4-18(23)29)33-11-22(14)37-27(32)17(10-34-37)26(38)21-7-15-8-24(41-28(30)31)20(9-19(15)36-21)35-16-12-39-13-16/h2-11,16,28,35-36H,12-13,32H2,1H3. The molecule has 1 aliphatic heterocycles. The van der Waals surface area contributed by atoms with Crippen LogP contribution in [-0.4, -0.2) is 51.4 Å². The van der Waals surface area contributed by atoms with E-state index in [2.05, 4.69) is 20.4 Å². The summed E-state index contributed by atoms with van der Waals surface area (Å²) < 4.78 is 56.8. The molecule has 1 saturated heterocycles. The highest BCUT2D eigenvalue weighted by molar-refractivity contribution is 6.12. The van der Waals surface area contributed by atoms with Crippen molar-refractivity contribution >= 4 is 28.2 Å². The molecular weight excluding hydrogens is 541 g/mol. The minimum atomic E-state index is -3.02. The molecule has 4 heterocycles. The number of carbonyl (C=O) groups excluding carboxylic acids is 1. The van der Waals surface area contributed by atoms with E-state index in [1.165, 1.54) is 41.3 Å². The SMILES string of the molecule is Cc1cc(Oc2ccccc2F)ncc1-n1ncc(C(=O)c2cc3cc(OC(F)F)c(NC4COC4)cc3[nH]2)c1N. The van der Waals surface area contributed by atoms with E-state index in [1.54, 1.807) is 31.2 Å². The number of fused-ring (bicyclic) bond motifs is 1. The second kappa shape index (κ2) is 10.5. The normalized spacial score (nSPS) is 13.4. The Hall–Kier alpha value is -5.04. The summed E-state index contributed by atoms with van der Waals surface area (Å²) in [7, 11) is 0. The number of rotatable bonds is 9. The third-order valence-corrected chi connectivity index (χ3v) is 6.57. The number of aryl methyl sites for hydroxylation is 1. The molecule has 210 valence electrons. The second-order valence-electron chi connectivity index (χ2n) is 9.40. The molecule has 1 fully saturated rings. The van der Waals surface area contributed by atoms with Crippen LogP contribution in [0.2, 0.25) is 0 Å². The van der Waals surface area contributed by atoms with Gasteiger partial charge < -0.3 is 30.2 Å². The minimum Gasteiger partial charge on any atom is -0.436 e. The number of halogens is 3. The van der Waals surface area contributed by atoms with Gasteiger partial charge in [0.05, 0.1) is 54.3 Å². The van der Waals surface area contributed by atoms with E-state index in [1.807, 2.05) is 0 Å². The summed E-state index contributed by atoms with van der Waals surface area (Å²) in [4.78, 5) is 20.7. The Kier molecular flexibility index (Phi) is 6.71. The first kappa shape index (κ1) is 26.2. The summed E-state index contributed by atoms with van der Waals surface area (Å²) in [6.07, 6.45) is 2.79. The number of aromatic amines is 1. The molecule has 0 spiro atoms. The van der Waals surface area contributed by atoms with Crippen LogP contribution in [0, 0.1) is 12.7 Å². The number of pyridine rings is 1. The summed E-state index contributed by atoms with van der Waals surface area (Å²) in [6.45, 7) is -0.360. The van der Waals surface area contributed by atoms with Crippen molar-refractivity contribution < 1.29 is 32.2 Å². The number of carbonyl (C=O) groups is 1. The molecule has 6 rings (SSSR count). The zero-order valence-electron chi connectivity index (χ0n) is 21.5. The summed E-state index contributed by atoms with van der Waals surface area (Å²) in [5.74, 6) is -0.750. The number of benzene rings is 2. The maximum Gasteiger partial charge on any atom is 0.387 e. The van der Waals surface area contributed by atoms with Crippen molar-refractivity contribution in [1.29, 1.82) is 0 Å². The fraction of sp³-hybridized carbons (Fsp3) is 0.179. The molecule has 41 heavy (non-hydrogen) atoms. The van der Waals surface area contributed by atoms with E-state index < -0.39 is 18.2 Å². The molecule has 1 aliphatic rings. The summed E-state index contributed by atoms with van der Waals surface area (Å²) in [5, 5.41) is 7.89. The minimum absolute atomic E-state index is 0.0322. The third-order valence-electron chi connectivity index (χ3n) is 6.57. The molecule has 0 aliphatic carbocycles. The maximum absolute atomic E-state index is 14.0. The van der Waals surface area contributed by atoms with Gasteiger partial charge >= 0.3 is 6.61 Å². The predicted octanol–water partition coefficient (Wildman–Crippen LogP) is 5.21. The molecule has 0 radical (unpaired) electrons. The van der Waals surface area contributed by atoms with Gasteiger partial charge in [0.25, 0.3) is 0 Å². The van der Waals surface area contributed by atoms with Gasteiger partial charge in [-0.2, -0.15) is 13.9 Å². The number of nitrogen functional groups attached to an aromatic ring is 1. The lowest BCUT2D eigenvalue weighted by molar-refractivity contribution is -0.0494. The Balaban J connectivity index is 1.27. The van der Waals surface area contributed by atoms with Gasteiger partial charge in [-0.05, 0) is 42.8 Å². The number of hydrogen-bond donors (Lipinski definition) is 3. The number of hydrogen-bond acceptors (Lipinski definition) is 8. The molecule has 5 aromatic rings. The highest BCUT2D eigenvalue weighted by Gasteiger charge is 2.24. The number of ketones is 1. The van der Waals surface area contributed by atoms with Gasteiger partial charge in [0.2, 0.25) is 11.7 Å². The molecule has 0 unspecified atom stereocenters. The molecule has 0 atom stereocenters. The lowest BCUT2D eigenvalue weighted by Crippen LogP contribution is -2.40. The fourth-order valence-corrected chi connectivity index (χ4v) is 4.44. The van der Waals surface area contributed by atoms with Crippen LogP contribution in [0.1, 0.15) is 21.6 Å². The number of aromatic nitrogens is 4. The van der Waals surface area contributed by atoms with Crippen molar-refractivity contribution in [2.45, 2.75) is 19.6 Å². The zero-order chi connectivity index (χ0) is 28.7. The third kappa shape index (κ3) is 5.14. The van der Waals surface area contributed by atoms with Gasteiger partial charge in [0, 0.05) is 17.0 Å². The molecule has 2 aromatic carbocycles. The fourth-order valence-electron chi connectivity index (χ4n) is 4.44. The first-order valence-corrected chi connectivity index (χ1v) is 12.5. The predicted molar refractivity (Wildman–Crippen MR) is 144 cm³/mol. The van der Waals surface area contributed by atoms with Crippen LogP contribution in [0.5, 0.6) is 17.4 Å². The Labute approximate surface area is 230 Å². The summed E-state index contributed by atoms with van der Waals surface area (Å²) in [5.41, 5.74) is 8.67. The van der Waals surface area contributed by atoms with Crippen LogP contribution < -0.4 is 20.5 Å². The van der Waals surface area contributed by atoms with Crippen LogP contribution in [-0.2, 0) is 4.74 Å². The van der Waals surface area contributed by atoms with Crippen LogP contribution in [0.25, 0.3) is 16.6 Å². The van der Waals surface area contributed by atoms with Crippen molar-refractivity contribution in [1.82, 2.24) is 19.7 Å². The quantitative estimate of drug-likeness (QED) is 0.208. The van der Waals surface area contributed by atoms with Crippen LogP contribution in [0.15, 0.2) is 60.9 Å². The lowest BCUT2D eigenvalue weighted by Gasteiger charge is -2.28. The molecule has 0 saturated carbocycles. The topological polar surface area (TPSA) is 129 Å². The zero-order valence-corrected chi connectivity index (χ0v) is 21.5. The average molecular weight is 565 g/mol. The molecule has 10 nitrogen and oxygen atoms in total. The number of alkyl halides is 2. The van der Waals surface area contributed by atoms with Crippen molar-refractivity contribution in [2.75, 3.05) is 24.3 Å². The Morgan fingerprint density at radius 3 is 2.68 bits per heavy atom.